The lowest BCUT2D eigenvalue weighted by Gasteiger charge is -2.07. The summed E-state index contributed by atoms with van der Waals surface area (Å²) in [7, 11) is 0. The molecule has 1 heterocycles. The first-order chi connectivity index (χ1) is 11.1. The number of aromatic nitrogens is 1. The molecule has 0 fully saturated rings. The maximum Gasteiger partial charge on any atom is 0.223 e. The number of rotatable bonds is 9. The molecule has 6 heteroatoms. The lowest BCUT2D eigenvalue weighted by atomic mass is 10.2. The predicted octanol–water partition coefficient (Wildman–Crippen LogP) is 4.01. The third kappa shape index (κ3) is 7.01. The second-order valence-electron chi connectivity index (χ2n) is 5.24. The third-order valence-electron chi connectivity index (χ3n) is 3.22. The number of carbonyl (C=O) groups excluding carboxylic acids is 1. The Balaban J connectivity index is 1.50. The van der Waals surface area contributed by atoms with Crippen LogP contribution in [0.15, 0.2) is 29.6 Å². The summed E-state index contributed by atoms with van der Waals surface area (Å²) in [4.78, 5) is 16.1. The van der Waals surface area contributed by atoms with Crippen molar-refractivity contribution in [1.29, 1.82) is 0 Å². The lowest BCUT2D eigenvalue weighted by Crippen LogP contribution is -2.25. The van der Waals surface area contributed by atoms with Crippen molar-refractivity contribution < 1.29 is 9.53 Å². The second kappa shape index (κ2) is 9.53. The number of halogens is 1. The van der Waals surface area contributed by atoms with Crippen molar-refractivity contribution in [2.45, 2.75) is 32.6 Å². The van der Waals surface area contributed by atoms with E-state index in [1.165, 1.54) is 5.01 Å². The van der Waals surface area contributed by atoms with Crippen molar-refractivity contribution >= 4 is 28.8 Å². The molecule has 0 saturated heterocycles. The highest BCUT2D eigenvalue weighted by molar-refractivity contribution is 7.09. The molecule has 23 heavy (non-hydrogen) atoms. The molecule has 0 bridgehead atoms. The second-order valence-corrected chi connectivity index (χ2v) is 6.62. The van der Waals surface area contributed by atoms with E-state index in [1.54, 1.807) is 35.6 Å². The van der Waals surface area contributed by atoms with Crippen LogP contribution in [0.2, 0.25) is 5.02 Å². The molecule has 2 aromatic rings. The SMILES string of the molecule is Cc1csc(CCCCNC(=O)CCOc2ccc(Cl)cc2)n1. The summed E-state index contributed by atoms with van der Waals surface area (Å²) in [5, 5.41) is 6.82. The van der Waals surface area contributed by atoms with Crippen LogP contribution in [0.5, 0.6) is 5.75 Å². The van der Waals surface area contributed by atoms with Crippen molar-refractivity contribution in [2.24, 2.45) is 0 Å². The molecular formula is C17H21ClN2O2S. The van der Waals surface area contributed by atoms with E-state index in [4.69, 9.17) is 16.3 Å². The van der Waals surface area contributed by atoms with Gasteiger partial charge in [0.25, 0.3) is 0 Å². The summed E-state index contributed by atoms with van der Waals surface area (Å²) in [5.41, 5.74) is 1.08. The fourth-order valence-corrected chi connectivity index (χ4v) is 2.97. The lowest BCUT2D eigenvalue weighted by molar-refractivity contribution is -0.121. The molecule has 4 nitrogen and oxygen atoms in total. The number of nitrogens with zero attached hydrogens (tertiary/aromatic N) is 1. The van der Waals surface area contributed by atoms with E-state index in [9.17, 15) is 4.79 Å². The topological polar surface area (TPSA) is 51.2 Å². The van der Waals surface area contributed by atoms with Gasteiger partial charge in [-0.3, -0.25) is 4.79 Å². The van der Waals surface area contributed by atoms with E-state index in [0.29, 0.717) is 24.6 Å². The third-order valence-corrected chi connectivity index (χ3v) is 4.50. The Morgan fingerprint density at radius 2 is 2.09 bits per heavy atom. The molecule has 0 atom stereocenters. The number of benzene rings is 1. The summed E-state index contributed by atoms with van der Waals surface area (Å²) >= 11 is 7.50. The maximum atomic E-state index is 11.7. The summed E-state index contributed by atoms with van der Waals surface area (Å²) in [6.45, 7) is 3.07. The molecule has 1 N–H and O–H groups in total. The molecule has 1 aromatic carbocycles. The Hall–Kier alpha value is -1.59. The zero-order chi connectivity index (χ0) is 16.5. The zero-order valence-electron chi connectivity index (χ0n) is 13.2. The van der Waals surface area contributed by atoms with Gasteiger partial charge in [0.15, 0.2) is 0 Å². The van der Waals surface area contributed by atoms with Gasteiger partial charge >= 0.3 is 0 Å². The highest BCUT2D eigenvalue weighted by Crippen LogP contribution is 2.15. The van der Waals surface area contributed by atoms with Gasteiger partial charge in [-0.05, 0) is 50.5 Å². The first kappa shape index (κ1) is 17.8. The van der Waals surface area contributed by atoms with Crippen molar-refractivity contribution in [3.63, 3.8) is 0 Å². The molecule has 1 aromatic heterocycles. The Kier molecular flexibility index (Phi) is 7.36. The van der Waals surface area contributed by atoms with E-state index >= 15 is 0 Å². The maximum absolute atomic E-state index is 11.7. The van der Waals surface area contributed by atoms with Gasteiger partial charge in [-0.2, -0.15) is 0 Å². The highest BCUT2D eigenvalue weighted by atomic mass is 35.5. The Bertz CT molecular complexity index is 613. The zero-order valence-corrected chi connectivity index (χ0v) is 14.8. The van der Waals surface area contributed by atoms with E-state index in [0.717, 1.165) is 30.7 Å². The monoisotopic (exact) mass is 352 g/mol. The van der Waals surface area contributed by atoms with Crippen LogP contribution in [0.4, 0.5) is 0 Å². The number of carbonyl (C=O) groups is 1. The number of nitrogens with one attached hydrogen (secondary N) is 1. The van der Waals surface area contributed by atoms with E-state index < -0.39 is 0 Å². The number of aryl methyl sites for hydroxylation is 2. The minimum atomic E-state index is 0.0176. The fourth-order valence-electron chi connectivity index (χ4n) is 2.03. The molecule has 2 rings (SSSR count). The van der Waals surface area contributed by atoms with Crippen LogP contribution in [-0.4, -0.2) is 24.0 Å². The van der Waals surface area contributed by atoms with Crippen molar-refractivity contribution in [3.8, 4) is 5.75 Å². The molecule has 0 aliphatic rings. The van der Waals surface area contributed by atoms with Crippen LogP contribution in [0.25, 0.3) is 0 Å². The Morgan fingerprint density at radius 3 is 2.78 bits per heavy atom. The average Bonchev–Trinajstić information content (AvgIpc) is 2.94. The summed E-state index contributed by atoms with van der Waals surface area (Å²) < 4.78 is 5.49. The number of hydrogen-bond donors (Lipinski definition) is 1. The van der Waals surface area contributed by atoms with Gasteiger partial charge in [0.2, 0.25) is 5.91 Å². The quantitative estimate of drug-likeness (QED) is 0.693. The molecule has 0 saturated carbocycles. The van der Waals surface area contributed by atoms with Gasteiger partial charge in [-0.25, -0.2) is 4.98 Å². The highest BCUT2D eigenvalue weighted by Gasteiger charge is 2.03. The molecule has 124 valence electrons. The van der Waals surface area contributed by atoms with Crippen molar-refractivity contribution in [1.82, 2.24) is 10.3 Å². The van der Waals surface area contributed by atoms with Crippen LogP contribution >= 0.6 is 22.9 Å². The van der Waals surface area contributed by atoms with Crippen LogP contribution < -0.4 is 10.1 Å². The normalized spacial score (nSPS) is 10.5. The largest absolute Gasteiger partial charge is 0.493 e. The molecular weight excluding hydrogens is 332 g/mol. The minimum absolute atomic E-state index is 0.0176. The molecule has 0 unspecified atom stereocenters. The van der Waals surface area contributed by atoms with Gasteiger partial charge in [-0.1, -0.05) is 11.6 Å². The van der Waals surface area contributed by atoms with Crippen LogP contribution in [0.1, 0.15) is 30.0 Å². The number of ether oxygens (including phenoxy) is 1. The first-order valence-electron chi connectivity index (χ1n) is 7.69. The number of amides is 1. The molecule has 0 aliphatic carbocycles. The van der Waals surface area contributed by atoms with Crippen molar-refractivity contribution in [2.75, 3.05) is 13.2 Å². The van der Waals surface area contributed by atoms with Gasteiger partial charge in [0.1, 0.15) is 5.75 Å². The predicted molar refractivity (Wildman–Crippen MR) is 94.4 cm³/mol. The summed E-state index contributed by atoms with van der Waals surface area (Å²) in [6.07, 6.45) is 3.33. The van der Waals surface area contributed by atoms with Gasteiger partial charge in [0.05, 0.1) is 18.0 Å². The van der Waals surface area contributed by atoms with Crippen LogP contribution in [0.3, 0.4) is 0 Å². The van der Waals surface area contributed by atoms with Gasteiger partial charge < -0.3 is 10.1 Å². The van der Waals surface area contributed by atoms with E-state index in [-0.39, 0.29) is 5.91 Å². The van der Waals surface area contributed by atoms with E-state index in [2.05, 4.69) is 15.7 Å². The standard InChI is InChI=1S/C17H21ClN2O2S/c1-13-12-23-17(20-13)4-2-3-10-19-16(21)9-11-22-15-7-5-14(18)6-8-15/h5-8,12H,2-4,9-11H2,1H3,(H,19,21). The van der Waals surface area contributed by atoms with Crippen LogP contribution in [-0.2, 0) is 11.2 Å². The van der Waals surface area contributed by atoms with E-state index in [1.807, 2.05) is 6.92 Å². The first-order valence-corrected chi connectivity index (χ1v) is 8.95. The fraction of sp³-hybridized carbons (Fsp3) is 0.412. The number of thiazole rings is 1. The van der Waals surface area contributed by atoms with Crippen molar-refractivity contribution in [3.05, 3.63) is 45.4 Å². The summed E-state index contributed by atoms with van der Waals surface area (Å²) in [6, 6.07) is 7.11. The summed E-state index contributed by atoms with van der Waals surface area (Å²) in [5.74, 6) is 0.741. The molecule has 0 radical (unpaired) electrons. The minimum Gasteiger partial charge on any atom is -0.493 e. The Morgan fingerprint density at radius 1 is 1.30 bits per heavy atom. The molecule has 0 spiro atoms. The molecule has 0 aliphatic heterocycles. The van der Waals surface area contributed by atoms with Crippen LogP contribution in [0, 0.1) is 6.92 Å². The number of unbranched alkanes of at least 4 members (excludes halogenated alkanes) is 1. The van der Waals surface area contributed by atoms with Gasteiger partial charge in [-0.15, -0.1) is 11.3 Å². The molecule has 1 amide bonds. The smallest absolute Gasteiger partial charge is 0.223 e. The average molecular weight is 353 g/mol. The Labute approximate surface area is 145 Å². The van der Waals surface area contributed by atoms with Gasteiger partial charge in [0, 0.05) is 22.6 Å². The number of hydrogen-bond acceptors (Lipinski definition) is 4.